The summed E-state index contributed by atoms with van der Waals surface area (Å²) in [5.41, 5.74) is 1.02. The number of thiazole rings is 1. The highest BCUT2D eigenvalue weighted by molar-refractivity contribution is 7.99. The fraction of sp³-hybridized carbons (Fsp3) is 0.667. The van der Waals surface area contributed by atoms with E-state index >= 15 is 0 Å². The number of aryl methyl sites for hydroxylation is 1. The van der Waals surface area contributed by atoms with Gasteiger partial charge in [0.05, 0.1) is 16.8 Å². The summed E-state index contributed by atoms with van der Waals surface area (Å²) in [6.45, 7) is 4.09. The molecule has 1 rings (SSSR count). The molecule has 0 radical (unpaired) electrons. The van der Waals surface area contributed by atoms with Gasteiger partial charge in [-0.2, -0.15) is 11.8 Å². The Hall–Kier alpha value is -0.0600. The van der Waals surface area contributed by atoms with Gasteiger partial charge in [0.15, 0.2) is 0 Å². The summed E-state index contributed by atoms with van der Waals surface area (Å²) >= 11 is 3.41. The maximum absolute atomic E-state index is 9.59. The zero-order valence-electron chi connectivity index (χ0n) is 7.99. The van der Waals surface area contributed by atoms with E-state index in [1.165, 1.54) is 0 Å². The Balaban J connectivity index is 2.31. The Morgan fingerprint density at radius 3 is 3.00 bits per heavy atom. The number of aromatic nitrogens is 1. The van der Waals surface area contributed by atoms with Crippen molar-refractivity contribution in [1.82, 2.24) is 4.98 Å². The van der Waals surface area contributed by atoms with Gasteiger partial charge in [-0.15, -0.1) is 11.3 Å². The molecule has 0 saturated carbocycles. The fourth-order valence-electron chi connectivity index (χ4n) is 1.06. The standard InChI is InChI=1S/C9H15NOS2/c1-3-12-6-9(11)4-8-5-13-7(2)10-8/h5,9,11H,3-4,6H2,1-2H3. The monoisotopic (exact) mass is 217 g/mol. The Kier molecular flexibility index (Phi) is 4.77. The molecule has 1 aromatic heterocycles. The van der Waals surface area contributed by atoms with E-state index in [2.05, 4.69) is 11.9 Å². The predicted molar refractivity (Wildman–Crippen MR) is 59.6 cm³/mol. The largest absolute Gasteiger partial charge is 0.392 e. The van der Waals surface area contributed by atoms with Gasteiger partial charge in [-0.25, -0.2) is 4.98 Å². The van der Waals surface area contributed by atoms with Crippen molar-refractivity contribution in [2.45, 2.75) is 26.4 Å². The molecular weight excluding hydrogens is 202 g/mol. The molecule has 0 aliphatic rings. The summed E-state index contributed by atoms with van der Waals surface area (Å²) in [5.74, 6) is 1.88. The van der Waals surface area contributed by atoms with Crippen molar-refractivity contribution in [3.8, 4) is 0 Å². The molecular formula is C9H15NOS2. The van der Waals surface area contributed by atoms with E-state index in [-0.39, 0.29) is 6.10 Å². The van der Waals surface area contributed by atoms with Gasteiger partial charge in [-0.05, 0) is 12.7 Å². The van der Waals surface area contributed by atoms with Crippen molar-refractivity contribution in [2.24, 2.45) is 0 Å². The molecule has 0 aromatic carbocycles. The number of aliphatic hydroxyl groups excluding tert-OH is 1. The Labute approximate surface area is 87.4 Å². The maximum atomic E-state index is 9.59. The second-order valence-electron chi connectivity index (χ2n) is 2.88. The molecule has 1 atom stereocenters. The third-order valence-electron chi connectivity index (χ3n) is 1.63. The van der Waals surface area contributed by atoms with Crippen LogP contribution in [0.3, 0.4) is 0 Å². The highest BCUT2D eigenvalue weighted by Gasteiger charge is 2.07. The van der Waals surface area contributed by atoms with E-state index in [0.717, 1.165) is 22.2 Å². The van der Waals surface area contributed by atoms with Crippen LogP contribution < -0.4 is 0 Å². The summed E-state index contributed by atoms with van der Waals surface area (Å²) in [6, 6.07) is 0. The van der Waals surface area contributed by atoms with E-state index in [1.807, 2.05) is 12.3 Å². The first kappa shape index (κ1) is 11.0. The number of hydrogen-bond donors (Lipinski definition) is 1. The van der Waals surface area contributed by atoms with E-state index in [4.69, 9.17) is 0 Å². The Morgan fingerprint density at radius 1 is 1.69 bits per heavy atom. The summed E-state index contributed by atoms with van der Waals surface area (Å²) in [6.07, 6.45) is 0.448. The number of thioether (sulfide) groups is 1. The van der Waals surface area contributed by atoms with E-state index in [9.17, 15) is 5.11 Å². The van der Waals surface area contributed by atoms with Crippen LogP contribution in [0.1, 0.15) is 17.6 Å². The van der Waals surface area contributed by atoms with Gasteiger partial charge >= 0.3 is 0 Å². The zero-order valence-corrected chi connectivity index (χ0v) is 9.62. The lowest BCUT2D eigenvalue weighted by Gasteiger charge is -2.06. The van der Waals surface area contributed by atoms with Gasteiger partial charge in [0.2, 0.25) is 0 Å². The van der Waals surface area contributed by atoms with Crippen LogP contribution in [0.4, 0.5) is 0 Å². The van der Waals surface area contributed by atoms with Crippen molar-refractivity contribution in [2.75, 3.05) is 11.5 Å². The molecule has 0 amide bonds. The van der Waals surface area contributed by atoms with Gasteiger partial charge in [-0.3, -0.25) is 0 Å². The summed E-state index contributed by atoms with van der Waals surface area (Å²) in [7, 11) is 0. The van der Waals surface area contributed by atoms with Crippen molar-refractivity contribution < 1.29 is 5.11 Å². The maximum Gasteiger partial charge on any atom is 0.0897 e. The smallest absolute Gasteiger partial charge is 0.0897 e. The topological polar surface area (TPSA) is 33.1 Å². The summed E-state index contributed by atoms with van der Waals surface area (Å²) < 4.78 is 0. The van der Waals surface area contributed by atoms with Gasteiger partial charge in [0.1, 0.15) is 0 Å². The molecule has 0 bridgehead atoms. The van der Waals surface area contributed by atoms with Crippen LogP contribution >= 0.6 is 23.1 Å². The first-order chi connectivity index (χ1) is 6.22. The van der Waals surface area contributed by atoms with Crippen molar-refractivity contribution >= 4 is 23.1 Å². The summed E-state index contributed by atoms with van der Waals surface area (Å²) in [5, 5.41) is 12.7. The normalized spacial score (nSPS) is 13.2. The van der Waals surface area contributed by atoms with Crippen molar-refractivity contribution in [3.63, 3.8) is 0 Å². The van der Waals surface area contributed by atoms with Gasteiger partial charge in [0.25, 0.3) is 0 Å². The van der Waals surface area contributed by atoms with Crippen LogP contribution in [0, 0.1) is 6.92 Å². The number of nitrogens with zero attached hydrogens (tertiary/aromatic N) is 1. The van der Waals surface area contributed by atoms with Crippen LogP contribution in [0.5, 0.6) is 0 Å². The average Bonchev–Trinajstić information content (AvgIpc) is 2.48. The van der Waals surface area contributed by atoms with E-state index in [1.54, 1.807) is 23.1 Å². The van der Waals surface area contributed by atoms with Gasteiger partial charge in [-0.1, -0.05) is 6.92 Å². The molecule has 74 valence electrons. The molecule has 1 N–H and O–H groups in total. The molecule has 1 unspecified atom stereocenters. The predicted octanol–water partition coefficient (Wildman–Crippen LogP) is 2.11. The lowest BCUT2D eigenvalue weighted by atomic mass is 10.2. The second-order valence-corrected chi connectivity index (χ2v) is 5.26. The quantitative estimate of drug-likeness (QED) is 0.820. The van der Waals surface area contributed by atoms with Crippen LogP contribution in [-0.2, 0) is 6.42 Å². The molecule has 1 heterocycles. The molecule has 13 heavy (non-hydrogen) atoms. The molecule has 0 saturated heterocycles. The second kappa shape index (κ2) is 5.62. The number of aliphatic hydroxyl groups is 1. The molecule has 1 aromatic rings. The summed E-state index contributed by atoms with van der Waals surface area (Å²) in [4.78, 5) is 4.31. The number of hydrogen-bond acceptors (Lipinski definition) is 4. The highest BCUT2D eigenvalue weighted by Crippen LogP contribution is 2.12. The minimum atomic E-state index is -0.244. The van der Waals surface area contributed by atoms with Gasteiger partial charge in [0, 0.05) is 17.6 Å². The minimum absolute atomic E-state index is 0.244. The Morgan fingerprint density at radius 2 is 2.46 bits per heavy atom. The lowest BCUT2D eigenvalue weighted by molar-refractivity contribution is 0.199. The lowest BCUT2D eigenvalue weighted by Crippen LogP contribution is -2.13. The molecule has 0 spiro atoms. The minimum Gasteiger partial charge on any atom is -0.392 e. The third-order valence-corrected chi connectivity index (χ3v) is 3.48. The zero-order chi connectivity index (χ0) is 9.68. The van der Waals surface area contributed by atoms with Crippen LogP contribution in [0.15, 0.2) is 5.38 Å². The molecule has 2 nitrogen and oxygen atoms in total. The fourth-order valence-corrected chi connectivity index (χ4v) is 2.31. The Bertz CT molecular complexity index is 250. The van der Waals surface area contributed by atoms with E-state index < -0.39 is 0 Å². The molecule has 4 heteroatoms. The SMILES string of the molecule is CCSCC(O)Cc1csc(C)n1. The van der Waals surface area contributed by atoms with Crippen LogP contribution in [0.25, 0.3) is 0 Å². The van der Waals surface area contributed by atoms with E-state index in [0.29, 0.717) is 6.42 Å². The first-order valence-electron chi connectivity index (χ1n) is 4.39. The molecule has 0 aliphatic heterocycles. The first-order valence-corrected chi connectivity index (χ1v) is 6.42. The average molecular weight is 217 g/mol. The van der Waals surface area contributed by atoms with Crippen LogP contribution in [0.2, 0.25) is 0 Å². The highest BCUT2D eigenvalue weighted by atomic mass is 32.2. The number of rotatable bonds is 5. The van der Waals surface area contributed by atoms with Crippen molar-refractivity contribution in [3.05, 3.63) is 16.1 Å². The van der Waals surface area contributed by atoms with Crippen molar-refractivity contribution in [1.29, 1.82) is 0 Å². The third kappa shape index (κ3) is 4.11. The van der Waals surface area contributed by atoms with Crippen LogP contribution in [-0.4, -0.2) is 27.7 Å². The molecule has 0 aliphatic carbocycles. The molecule has 0 fully saturated rings. The van der Waals surface area contributed by atoms with Gasteiger partial charge < -0.3 is 5.11 Å².